The van der Waals surface area contributed by atoms with E-state index in [0.29, 0.717) is 11.3 Å². The van der Waals surface area contributed by atoms with Gasteiger partial charge in [0.2, 0.25) is 0 Å². The molecule has 0 heterocycles. The van der Waals surface area contributed by atoms with Crippen LogP contribution in [0.25, 0.3) is 11.1 Å². The van der Waals surface area contributed by atoms with E-state index in [0.717, 1.165) is 6.42 Å². The number of benzene rings is 2. The molecule has 2 aliphatic rings. The molecular formula is C39H56Zr. The topological polar surface area (TPSA) is 0 Å². The molecule has 0 radical (unpaired) electrons. The minimum atomic E-state index is 0.163. The molecule has 0 amide bonds. The molecule has 40 heavy (non-hydrogen) atoms. The molecule has 4 rings (SSSR count). The first-order valence-corrected chi connectivity index (χ1v) is 16.5. The molecule has 0 saturated carbocycles. The van der Waals surface area contributed by atoms with Crippen LogP contribution in [0, 0.1) is 37.3 Å². The van der Waals surface area contributed by atoms with Gasteiger partial charge in [0, 0.05) is 0 Å². The quantitative estimate of drug-likeness (QED) is 0.257. The molecule has 0 nitrogen and oxygen atoms in total. The largest absolute Gasteiger partial charge is 0.176 e. The molecule has 0 spiro atoms. The first-order valence-electron chi connectivity index (χ1n) is 15.3. The Morgan fingerprint density at radius 1 is 0.850 bits per heavy atom. The van der Waals surface area contributed by atoms with Gasteiger partial charge in [-0.05, 0) is 35.4 Å². The van der Waals surface area contributed by atoms with Crippen molar-refractivity contribution in [2.24, 2.45) is 11.3 Å². The van der Waals surface area contributed by atoms with Crippen molar-refractivity contribution >= 4 is 3.21 Å². The molecule has 0 saturated heterocycles. The second kappa shape index (κ2) is 13.8. The van der Waals surface area contributed by atoms with Gasteiger partial charge in [0.15, 0.2) is 0 Å². The van der Waals surface area contributed by atoms with E-state index in [1.807, 2.05) is 0 Å². The summed E-state index contributed by atoms with van der Waals surface area (Å²) in [6.45, 7) is 31.5. The Balaban J connectivity index is 0.000000278. The molecule has 0 N–H and O–H groups in total. The number of aryl methyl sites for hydroxylation is 2. The molecule has 0 aliphatic heterocycles. The SMILES string of the molecule is CCCCC1[C-]=CC(C(C)(C)C)=C1.C[C](C)=[Zr+2].Cc1[c-]c2c(cc1C(C)(C)C)-c1cc(C(C)(C)C)c(C)cc1C2. The molecular weight excluding hydrogens is 560 g/mol. The minimum Gasteiger partial charge on any atom is -0.176 e. The van der Waals surface area contributed by atoms with Gasteiger partial charge in [0.1, 0.15) is 0 Å². The van der Waals surface area contributed by atoms with E-state index in [1.54, 1.807) is 24.2 Å². The van der Waals surface area contributed by atoms with Crippen LogP contribution in [0.2, 0.25) is 0 Å². The zero-order valence-corrected chi connectivity index (χ0v) is 30.8. The van der Waals surface area contributed by atoms with E-state index >= 15 is 0 Å². The summed E-state index contributed by atoms with van der Waals surface area (Å²) < 4.78 is 1.51. The molecule has 2 aromatic rings. The summed E-state index contributed by atoms with van der Waals surface area (Å²) in [4.78, 5) is 0. The van der Waals surface area contributed by atoms with Crippen molar-refractivity contribution in [3.63, 3.8) is 0 Å². The Morgan fingerprint density at radius 2 is 1.40 bits per heavy atom. The van der Waals surface area contributed by atoms with Crippen LogP contribution in [0.1, 0.15) is 136 Å². The standard InChI is InChI=1S/C23H29.C13H21.C3H6.Zr/c1-14-9-16-11-17-10-15(2)21(23(6,7)8)13-19(17)18(16)12-20(14)22(3,4)5;1-5-6-7-11-8-9-12(10-11)13(2,3)4;1-3-2;/h9,12-13H,11H2,1-8H3;9-11H,5-7H2,1-4H3;1-2H3;/q2*-1;;+2. The van der Waals surface area contributed by atoms with E-state index in [4.69, 9.17) is 0 Å². The van der Waals surface area contributed by atoms with Gasteiger partial charge in [0.25, 0.3) is 0 Å². The fraction of sp³-hybridized carbons (Fsp3) is 0.564. The normalized spacial score (nSPS) is 15.9. The van der Waals surface area contributed by atoms with Crippen molar-refractivity contribution in [1.29, 1.82) is 0 Å². The van der Waals surface area contributed by atoms with Crippen LogP contribution < -0.4 is 0 Å². The predicted molar refractivity (Wildman–Crippen MR) is 175 cm³/mol. The number of hydrogen-bond donors (Lipinski definition) is 0. The van der Waals surface area contributed by atoms with Crippen LogP contribution in [0.4, 0.5) is 0 Å². The molecule has 2 aliphatic carbocycles. The number of rotatable bonds is 3. The van der Waals surface area contributed by atoms with Crippen molar-refractivity contribution < 1.29 is 24.2 Å². The van der Waals surface area contributed by atoms with Crippen LogP contribution in [0.3, 0.4) is 0 Å². The molecule has 2 aromatic carbocycles. The molecule has 0 aromatic heterocycles. The Morgan fingerprint density at radius 3 is 1.88 bits per heavy atom. The Hall–Kier alpha value is -1.33. The van der Waals surface area contributed by atoms with Gasteiger partial charge in [-0.15, -0.1) is 16.7 Å². The summed E-state index contributed by atoms with van der Waals surface area (Å²) in [6, 6.07) is 10.9. The number of unbranched alkanes of at least 4 members (excludes halogenated alkanes) is 1. The zero-order chi connectivity index (χ0) is 30.6. The summed E-state index contributed by atoms with van der Waals surface area (Å²) in [5.41, 5.74) is 13.4. The average molecular weight is 616 g/mol. The van der Waals surface area contributed by atoms with Gasteiger partial charge in [-0.1, -0.05) is 130 Å². The Bertz CT molecular complexity index is 1170. The van der Waals surface area contributed by atoms with Crippen molar-refractivity contribution in [1.82, 2.24) is 0 Å². The van der Waals surface area contributed by atoms with Crippen LogP contribution >= 0.6 is 0 Å². The van der Waals surface area contributed by atoms with Crippen molar-refractivity contribution in [2.45, 2.75) is 133 Å². The van der Waals surface area contributed by atoms with E-state index in [2.05, 4.69) is 139 Å². The third kappa shape index (κ3) is 9.61. The van der Waals surface area contributed by atoms with E-state index in [-0.39, 0.29) is 10.8 Å². The van der Waals surface area contributed by atoms with Crippen LogP contribution in [0.15, 0.2) is 35.9 Å². The molecule has 1 atom stereocenters. The fourth-order valence-electron chi connectivity index (χ4n) is 5.59. The number of fused-ring (bicyclic) bond motifs is 3. The molecule has 0 bridgehead atoms. The van der Waals surface area contributed by atoms with Crippen molar-refractivity contribution in [3.05, 3.63) is 81.4 Å². The minimum absolute atomic E-state index is 0.163. The van der Waals surface area contributed by atoms with Crippen molar-refractivity contribution in [2.75, 3.05) is 0 Å². The zero-order valence-electron chi connectivity index (χ0n) is 28.3. The maximum atomic E-state index is 3.69. The summed E-state index contributed by atoms with van der Waals surface area (Å²) in [6.07, 6.45) is 12.9. The van der Waals surface area contributed by atoms with Gasteiger partial charge in [-0.3, -0.25) is 6.08 Å². The third-order valence-electron chi connectivity index (χ3n) is 7.65. The van der Waals surface area contributed by atoms with E-state index < -0.39 is 0 Å². The number of hydrogen-bond acceptors (Lipinski definition) is 0. The second-order valence-electron chi connectivity index (χ2n) is 15.1. The number of allylic oxidation sites excluding steroid dienone is 4. The predicted octanol–water partition coefficient (Wildman–Crippen LogP) is 11.2. The first kappa shape index (κ1) is 34.9. The smallest absolute Gasteiger partial charge is 0.0129 e. The van der Waals surface area contributed by atoms with Crippen LogP contribution in [0.5, 0.6) is 0 Å². The fourth-order valence-corrected chi connectivity index (χ4v) is 5.59. The average Bonchev–Trinajstić information content (AvgIpc) is 3.39. The van der Waals surface area contributed by atoms with Gasteiger partial charge < -0.3 is 0 Å². The summed E-state index contributed by atoms with van der Waals surface area (Å²) in [5.74, 6) is 0.592. The monoisotopic (exact) mass is 614 g/mol. The van der Waals surface area contributed by atoms with Crippen molar-refractivity contribution in [3.8, 4) is 11.1 Å². The van der Waals surface area contributed by atoms with Gasteiger partial charge in [0.05, 0.1) is 0 Å². The molecule has 216 valence electrons. The Labute approximate surface area is 263 Å². The van der Waals surface area contributed by atoms with Crippen LogP contribution in [-0.2, 0) is 41.5 Å². The molecule has 0 fully saturated rings. The van der Waals surface area contributed by atoms with Gasteiger partial charge in [-0.2, -0.15) is 29.3 Å². The first-order chi connectivity index (χ1) is 18.3. The molecule has 1 unspecified atom stereocenters. The summed E-state index contributed by atoms with van der Waals surface area (Å²) >= 11 is 1.55. The maximum Gasteiger partial charge on any atom is -0.0129 e. The van der Waals surface area contributed by atoms with Gasteiger partial charge >= 0.3 is 41.3 Å². The summed E-state index contributed by atoms with van der Waals surface area (Å²) in [5, 5.41) is 0. The van der Waals surface area contributed by atoms with E-state index in [9.17, 15) is 0 Å². The van der Waals surface area contributed by atoms with Crippen LogP contribution in [-0.4, -0.2) is 3.21 Å². The molecule has 1 heteroatoms. The van der Waals surface area contributed by atoms with E-state index in [1.165, 1.54) is 72.5 Å². The second-order valence-corrected chi connectivity index (χ2v) is 17.6. The Kier molecular flexibility index (Phi) is 12.0. The third-order valence-corrected chi connectivity index (χ3v) is 7.65. The van der Waals surface area contributed by atoms with Gasteiger partial charge in [-0.25, -0.2) is 6.08 Å². The maximum absolute atomic E-state index is 3.69. The summed E-state index contributed by atoms with van der Waals surface area (Å²) in [7, 11) is 0.